The van der Waals surface area contributed by atoms with Crippen LogP contribution in [0.25, 0.3) is 0 Å². The minimum absolute atomic E-state index is 0.158. The summed E-state index contributed by atoms with van der Waals surface area (Å²) in [6.07, 6.45) is 0. The number of rotatable bonds is 4. The smallest absolute Gasteiger partial charge is 0.173 e. The van der Waals surface area contributed by atoms with Crippen molar-refractivity contribution in [1.82, 2.24) is 0 Å². The van der Waals surface area contributed by atoms with Crippen LogP contribution in [0.1, 0.15) is 0 Å². The number of methoxy groups -OCH3 is 1. The van der Waals surface area contributed by atoms with Crippen LogP contribution in [-0.4, -0.2) is 13.8 Å². The molecule has 0 aromatic heterocycles. The molecular formula is C15H16BFO2. The minimum Gasteiger partial charge on any atom is -0.497 e. The molecule has 0 aliphatic carbocycles. The summed E-state index contributed by atoms with van der Waals surface area (Å²) < 4.78 is 24.6. The summed E-state index contributed by atoms with van der Waals surface area (Å²) in [5.74, 6) is 1.57. The van der Waals surface area contributed by atoms with Gasteiger partial charge in [-0.1, -0.05) is 25.8 Å². The van der Waals surface area contributed by atoms with Gasteiger partial charge in [0.1, 0.15) is 23.1 Å². The van der Waals surface area contributed by atoms with Gasteiger partial charge in [-0.2, -0.15) is 0 Å². The average Bonchev–Trinajstić information content (AvgIpc) is 2.38. The van der Waals surface area contributed by atoms with Gasteiger partial charge in [-0.25, -0.2) is 4.39 Å². The lowest BCUT2D eigenvalue weighted by Crippen LogP contribution is -2.25. The van der Waals surface area contributed by atoms with Gasteiger partial charge in [-0.15, -0.1) is 0 Å². The predicted octanol–water partition coefficient (Wildman–Crippen LogP) is 3.59. The zero-order valence-electron chi connectivity index (χ0n) is 11.3. The number of hydrogen-bond acceptors (Lipinski definition) is 2. The molecule has 98 valence electrons. The number of ether oxygens (including phenoxy) is 2. The molecule has 0 saturated heterocycles. The van der Waals surface area contributed by atoms with Gasteiger partial charge in [0.15, 0.2) is 6.71 Å². The zero-order valence-corrected chi connectivity index (χ0v) is 11.3. The number of halogens is 1. The topological polar surface area (TPSA) is 18.5 Å². The van der Waals surface area contributed by atoms with Crippen molar-refractivity contribution < 1.29 is 13.9 Å². The normalized spacial score (nSPS) is 10.1. The Labute approximate surface area is 113 Å². The van der Waals surface area contributed by atoms with Crippen molar-refractivity contribution in [2.45, 2.75) is 13.6 Å². The Bertz CT molecular complexity index is 570. The monoisotopic (exact) mass is 258 g/mol. The summed E-state index contributed by atoms with van der Waals surface area (Å²) in [6, 6.07) is 12.2. The van der Waals surface area contributed by atoms with Crippen LogP contribution < -0.4 is 14.9 Å². The summed E-state index contributed by atoms with van der Waals surface area (Å²) >= 11 is 0. The largest absolute Gasteiger partial charge is 0.497 e. The van der Waals surface area contributed by atoms with E-state index in [0.717, 1.165) is 0 Å². The summed E-state index contributed by atoms with van der Waals surface area (Å²) in [7, 11) is 1.59. The standard InChI is InChI=1S/C15H16BFO2/c1-16(2)14-8-7-13(10-15(14)17)19-12-6-4-5-11(9-12)18-3/h4-10H,1-3H3. The highest BCUT2D eigenvalue weighted by Gasteiger charge is 2.10. The molecule has 4 heteroatoms. The first-order valence-electron chi connectivity index (χ1n) is 6.21. The Morgan fingerprint density at radius 3 is 2.26 bits per heavy atom. The van der Waals surface area contributed by atoms with Crippen molar-refractivity contribution in [1.29, 1.82) is 0 Å². The molecule has 2 rings (SSSR count). The highest BCUT2D eigenvalue weighted by atomic mass is 19.1. The van der Waals surface area contributed by atoms with Gasteiger partial charge in [0.25, 0.3) is 0 Å². The Morgan fingerprint density at radius 1 is 0.947 bits per heavy atom. The fourth-order valence-corrected chi connectivity index (χ4v) is 1.84. The molecule has 2 aromatic carbocycles. The summed E-state index contributed by atoms with van der Waals surface area (Å²) in [5.41, 5.74) is 0.693. The molecule has 2 nitrogen and oxygen atoms in total. The first-order valence-corrected chi connectivity index (χ1v) is 6.21. The van der Waals surface area contributed by atoms with Crippen molar-refractivity contribution in [2.24, 2.45) is 0 Å². The summed E-state index contributed by atoms with van der Waals surface area (Å²) in [5, 5.41) is 0. The van der Waals surface area contributed by atoms with E-state index in [0.29, 0.717) is 22.7 Å². The van der Waals surface area contributed by atoms with Crippen LogP contribution in [0.15, 0.2) is 42.5 Å². The number of hydrogen-bond donors (Lipinski definition) is 0. The lowest BCUT2D eigenvalue weighted by atomic mass is 9.49. The van der Waals surface area contributed by atoms with Crippen LogP contribution in [0, 0.1) is 5.82 Å². The third-order valence-corrected chi connectivity index (χ3v) is 2.87. The van der Waals surface area contributed by atoms with Crippen molar-refractivity contribution in [2.75, 3.05) is 7.11 Å². The van der Waals surface area contributed by atoms with E-state index in [4.69, 9.17) is 9.47 Å². The lowest BCUT2D eigenvalue weighted by Gasteiger charge is -2.10. The van der Waals surface area contributed by atoms with Crippen molar-refractivity contribution in [3.05, 3.63) is 48.3 Å². The molecule has 0 fully saturated rings. The molecule has 0 N–H and O–H groups in total. The molecule has 0 unspecified atom stereocenters. The number of benzene rings is 2. The Balaban J connectivity index is 2.21. The van der Waals surface area contributed by atoms with E-state index >= 15 is 0 Å². The molecule has 0 saturated carbocycles. The molecule has 0 atom stereocenters. The van der Waals surface area contributed by atoms with Gasteiger partial charge in [-0.05, 0) is 23.7 Å². The first-order chi connectivity index (χ1) is 9.10. The molecule has 0 amide bonds. The highest BCUT2D eigenvalue weighted by molar-refractivity contribution is 6.70. The second-order valence-electron chi connectivity index (χ2n) is 4.62. The van der Waals surface area contributed by atoms with Gasteiger partial charge in [0.05, 0.1) is 7.11 Å². The van der Waals surface area contributed by atoms with Crippen molar-refractivity contribution in [3.63, 3.8) is 0 Å². The van der Waals surface area contributed by atoms with Crippen molar-refractivity contribution in [3.8, 4) is 17.2 Å². The van der Waals surface area contributed by atoms with E-state index in [1.807, 2.05) is 25.8 Å². The fourth-order valence-electron chi connectivity index (χ4n) is 1.84. The van der Waals surface area contributed by atoms with Crippen LogP contribution in [0.2, 0.25) is 13.6 Å². The molecular weight excluding hydrogens is 242 g/mol. The molecule has 2 aromatic rings. The highest BCUT2D eigenvalue weighted by Crippen LogP contribution is 2.25. The maximum atomic E-state index is 13.8. The van der Waals surface area contributed by atoms with Gasteiger partial charge < -0.3 is 9.47 Å². The van der Waals surface area contributed by atoms with E-state index in [1.165, 1.54) is 6.07 Å². The third-order valence-electron chi connectivity index (χ3n) is 2.87. The van der Waals surface area contributed by atoms with Crippen LogP contribution in [0.5, 0.6) is 17.2 Å². The van der Waals surface area contributed by atoms with E-state index in [2.05, 4.69) is 0 Å². The molecule has 0 aliphatic rings. The molecule has 0 radical (unpaired) electrons. The maximum Gasteiger partial charge on any atom is 0.173 e. The van der Waals surface area contributed by atoms with E-state index < -0.39 is 0 Å². The Morgan fingerprint density at radius 2 is 1.63 bits per heavy atom. The molecule has 19 heavy (non-hydrogen) atoms. The van der Waals surface area contributed by atoms with Crippen LogP contribution >= 0.6 is 0 Å². The van der Waals surface area contributed by atoms with Crippen LogP contribution in [0.4, 0.5) is 4.39 Å². The van der Waals surface area contributed by atoms with Gasteiger partial charge in [0.2, 0.25) is 0 Å². The Hall–Kier alpha value is -1.97. The SMILES string of the molecule is COc1cccc(Oc2ccc(B(C)C)c(F)c2)c1. The molecule has 0 aliphatic heterocycles. The Kier molecular flexibility index (Phi) is 4.10. The van der Waals surface area contributed by atoms with Gasteiger partial charge >= 0.3 is 0 Å². The van der Waals surface area contributed by atoms with E-state index in [1.54, 1.807) is 31.4 Å². The van der Waals surface area contributed by atoms with Gasteiger partial charge in [-0.3, -0.25) is 0 Å². The summed E-state index contributed by atoms with van der Waals surface area (Å²) in [6.45, 7) is 4.08. The van der Waals surface area contributed by atoms with Crippen LogP contribution in [-0.2, 0) is 0 Å². The second kappa shape index (κ2) is 5.78. The molecule has 0 spiro atoms. The lowest BCUT2D eigenvalue weighted by molar-refractivity contribution is 0.409. The predicted molar refractivity (Wildman–Crippen MR) is 76.6 cm³/mol. The fraction of sp³-hybridized carbons (Fsp3) is 0.200. The first kappa shape index (κ1) is 13.5. The van der Waals surface area contributed by atoms with E-state index in [-0.39, 0.29) is 12.5 Å². The van der Waals surface area contributed by atoms with E-state index in [9.17, 15) is 4.39 Å². The molecule has 0 heterocycles. The zero-order chi connectivity index (χ0) is 13.8. The van der Waals surface area contributed by atoms with Crippen LogP contribution in [0.3, 0.4) is 0 Å². The minimum atomic E-state index is -0.240. The quantitative estimate of drug-likeness (QED) is 0.780. The van der Waals surface area contributed by atoms with Crippen molar-refractivity contribution >= 4 is 12.2 Å². The maximum absolute atomic E-state index is 13.8. The molecule has 0 bridgehead atoms. The average molecular weight is 258 g/mol. The third kappa shape index (κ3) is 3.28. The second-order valence-corrected chi connectivity index (χ2v) is 4.62. The summed E-state index contributed by atoms with van der Waals surface area (Å²) in [4.78, 5) is 0. The van der Waals surface area contributed by atoms with Gasteiger partial charge in [0, 0.05) is 12.1 Å².